The lowest BCUT2D eigenvalue weighted by atomic mass is 10.2. The molecule has 0 spiro atoms. The number of hydrogen-bond acceptors (Lipinski definition) is 4. The molecule has 0 radical (unpaired) electrons. The number of nitrogens with one attached hydrogen (secondary N) is 1. The first kappa shape index (κ1) is 14.6. The van der Waals surface area contributed by atoms with Crippen molar-refractivity contribution in [3.05, 3.63) is 22.4 Å². The Balaban J connectivity index is 2.54. The maximum Gasteiger partial charge on any atom is 0.211 e. The highest BCUT2D eigenvalue weighted by Gasteiger charge is 2.17. The highest BCUT2D eigenvalue weighted by Crippen LogP contribution is 2.18. The molecule has 1 rings (SSSR count). The van der Waals surface area contributed by atoms with Crippen molar-refractivity contribution in [2.45, 2.75) is 20.0 Å². The van der Waals surface area contributed by atoms with Gasteiger partial charge >= 0.3 is 0 Å². The smallest absolute Gasteiger partial charge is 0.211 e. The maximum atomic E-state index is 11.7. The second-order valence-electron chi connectivity index (χ2n) is 4.30. The van der Waals surface area contributed by atoms with E-state index in [2.05, 4.69) is 4.72 Å². The molecule has 98 valence electrons. The number of rotatable bonds is 7. The van der Waals surface area contributed by atoms with Crippen LogP contribution in [0.4, 0.5) is 0 Å². The topological polar surface area (TPSA) is 55.4 Å². The van der Waals surface area contributed by atoms with Crippen LogP contribution in [0, 0.1) is 5.92 Å². The molecule has 0 saturated carbocycles. The molecule has 0 aliphatic rings. The van der Waals surface area contributed by atoms with Crippen LogP contribution in [0.25, 0.3) is 0 Å². The molecule has 1 aromatic heterocycles. The molecule has 6 heteroatoms. The van der Waals surface area contributed by atoms with Crippen molar-refractivity contribution in [1.82, 2.24) is 4.72 Å². The zero-order valence-electron chi connectivity index (χ0n) is 10.3. The minimum absolute atomic E-state index is 0.120. The lowest BCUT2D eigenvalue weighted by molar-refractivity contribution is 0.107. The summed E-state index contributed by atoms with van der Waals surface area (Å²) in [6.45, 7) is 4.04. The van der Waals surface area contributed by atoms with E-state index in [0.29, 0.717) is 0 Å². The Labute approximate surface area is 107 Å². The van der Waals surface area contributed by atoms with Gasteiger partial charge in [-0.1, -0.05) is 13.8 Å². The largest absolute Gasteiger partial charge is 0.375 e. The lowest BCUT2D eigenvalue weighted by Gasteiger charge is -2.15. The minimum Gasteiger partial charge on any atom is -0.375 e. The normalized spacial score (nSPS) is 14.1. The Hall–Kier alpha value is -0.430. The molecule has 0 saturated heterocycles. The van der Waals surface area contributed by atoms with E-state index in [1.165, 1.54) is 0 Å². The summed E-state index contributed by atoms with van der Waals surface area (Å²) in [6, 6.07) is 1.94. The van der Waals surface area contributed by atoms with Gasteiger partial charge in [0.1, 0.15) is 0 Å². The molecule has 0 amide bonds. The van der Waals surface area contributed by atoms with Gasteiger partial charge in [0.05, 0.1) is 11.9 Å². The Bertz CT molecular complexity index is 412. The Kier molecular flexibility index (Phi) is 5.58. The van der Waals surface area contributed by atoms with E-state index in [-0.39, 0.29) is 24.3 Å². The number of ether oxygens (including phenoxy) is 1. The van der Waals surface area contributed by atoms with Gasteiger partial charge in [0, 0.05) is 13.7 Å². The third-order valence-electron chi connectivity index (χ3n) is 2.24. The summed E-state index contributed by atoms with van der Waals surface area (Å²) in [7, 11) is -1.62. The van der Waals surface area contributed by atoms with Gasteiger partial charge in [-0.05, 0) is 28.3 Å². The highest BCUT2D eigenvalue weighted by molar-refractivity contribution is 7.89. The molecule has 1 atom stereocenters. The molecule has 0 bridgehead atoms. The van der Waals surface area contributed by atoms with Gasteiger partial charge in [-0.15, -0.1) is 0 Å². The number of sulfonamides is 1. The van der Waals surface area contributed by atoms with E-state index >= 15 is 0 Å². The van der Waals surface area contributed by atoms with E-state index in [4.69, 9.17) is 4.74 Å². The highest BCUT2D eigenvalue weighted by atomic mass is 32.2. The van der Waals surface area contributed by atoms with Crippen molar-refractivity contribution < 1.29 is 13.2 Å². The van der Waals surface area contributed by atoms with E-state index in [9.17, 15) is 8.42 Å². The Morgan fingerprint density at radius 3 is 2.65 bits per heavy atom. The standard InChI is InChI=1S/C11H19NO3S2/c1-9(2)8-17(13,14)12-6-11(15-3)10-4-5-16-7-10/h4-5,7,9,11-12H,6,8H2,1-3H3. The van der Waals surface area contributed by atoms with Crippen molar-refractivity contribution >= 4 is 21.4 Å². The first-order chi connectivity index (χ1) is 7.94. The van der Waals surface area contributed by atoms with Crippen molar-refractivity contribution in [3.63, 3.8) is 0 Å². The van der Waals surface area contributed by atoms with Crippen LogP contribution in [0.3, 0.4) is 0 Å². The second kappa shape index (κ2) is 6.49. The molecule has 1 unspecified atom stereocenters. The fraction of sp³-hybridized carbons (Fsp3) is 0.636. The van der Waals surface area contributed by atoms with Crippen LogP contribution >= 0.6 is 11.3 Å². The Morgan fingerprint density at radius 2 is 2.18 bits per heavy atom. The average Bonchev–Trinajstić information content (AvgIpc) is 2.69. The summed E-state index contributed by atoms with van der Waals surface area (Å²) in [5.41, 5.74) is 1.00. The summed E-state index contributed by atoms with van der Waals surface area (Å²) in [4.78, 5) is 0. The van der Waals surface area contributed by atoms with E-state index < -0.39 is 10.0 Å². The molecule has 0 fully saturated rings. The van der Waals surface area contributed by atoms with Crippen molar-refractivity contribution in [2.24, 2.45) is 5.92 Å². The number of thiophene rings is 1. The van der Waals surface area contributed by atoms with Crippen LogP contribution in [0.1, 0.15) is 25.5 Å². The second-order valence-corrected chi connectivity index (χ2v) is 6.94. The van der Waals surface area contributed by atoms with Gasteiger partial charge in [-0.3, -0.25) is 0 Å². The van der Waals surface area contributed by atoms with Crippen LogP contribution < -0.4 is 4.72 Å². The van der Waals surface area contributed by atoms with Crippen LogP contribution in [-0.4, -0.2) is 27.8 Å². The predicted octanol–water partition coefficient (Wildman–Crippen LogP) is 2.01. The molecule has 4 nitrogen and oxygen atoms in total. The van der Waals surface area contributed by atoms with Gasteiger partial charge < -0.3 is 4.74 Å². The van der Waals surface area contributed by atoms with Gasteiger partial charge in [-0.25, -0.2) is 13.1 Å². The fourth-order valence-electron chi connectivity index (χ4n) is 1.50. The summed E-state index contributed by atoms with van der Waals surface area (Å²) < 4.78 is 31.2. The maximum absolute atomic E-state index is 11.7. The summed E-state index contributed by atoms with van der Waals surface area (Å²) >= 11 is 1.57. The first-order valence-electron chi connectivity index (χ1n) is 5.47. The third-order valence-corrected chi connectivity index (χ3v) is 4.65. The van der Waals surface area contributed by atoms with Gasteiger partial charge in [0.25, 0.3) is 0 Å². The van der Waals surface area contributed by atoms with Crippen LogP contribution in [0.2, 0.25) is 0 Å². The monoisotopic (exact) mass is 277 g/mol. The van der Waals surface area contributed by atoms with Crippen LogP contribution in [0.5, 0.6) is 0 Å². The van der Waals surface area contributed by atoms with E-state index in [0.717, 1.165) is 5.56 Å². The zero-order chi connectivity index (χ0) is 12.9. The van der Waals surface area contributed by atoms with Crippen molar-refractivity contribution in [2.75, 3.05) is 19.4 Å². The van der Waals surface area contributed by atoms with Crippen molar-refractivity contribution in [3.8, 4) is 0 Å². The molecular formula is C11H19NO3S2. The lowest BCUT2D eigenvalue weighted by Crippen LogP contribution is -2.32. The fourth-order valence-corrected chi connectivity index (χ4v) is 3.60. The summed E-state index contributed by atoms with van der Waals surface area (Å²) in [6.07, 6.45) is -0.219. The molecule has 17 heavy (non-hydrogen) atoms. The van der Waals surface area contributed by atoms with Gasteiger partial charge in [0.2, 0.25) is 10.0 Å². The predicted molar refractivity (Wildman–Crippen MR) is 70.7 cm³/mol. The van der Waals surface area contributed by atoms with Crippen LogP contribution in [-0.2, 0) is 14.8 Å². The molecular weight excluding hydrogens is 258 g/mol. The molecule has 0 aliphatic heterocycles. The molecule has 1 heterocycles. The summed E-state index contributed by atoms with van der Waals surface area (Å²) in [5.74, 6) is 0.266. The Morgan fingerprint density at radius 1 is 1.47 bits per heavy atom. The quantitative estimate of drug-likeness (QED) is 0.829. The van der Waals surface area contributed by atoms with Crippen LogP contribution in [0.15, 0.2) is 16.8 Å². The zero-order valence-corrected chi connectivity index (χ0v) is 12.0. The molecule has 1 N–H and O–H groups in total. The van der Waals surface area contributed by atoms with Gasteiger partial charge in [0.15, 0.2) is 0 Å². The summed E-state index contributed by atoms with van der Waals surface area (Å²) in [5, 5.41) is 3.91. The number of methoxy groups -OCH3 is 1. The van der Waals surface area contributed by atoms with E-state index in [1.54, 1.807) is 18.4 Å². The van der Waals surface area contributed by atoms with E-state index in [1.807, 2.05) is 30.7 Å². The SMILES string of the molecule is COC(CNS(=O)(=O)CC(C)C)c1ccsc1. The molecule has 0 aliphatic carbocycles. The average molecular weight is 277 g/mol. The van der Waals surface area contributed by atoms with Crippen molar-refractivity contribution in [1.29, 1.82) is 0 Å². The number of hydrogen-bond donors (Lipinski definition) is 1. The first-order valence-corrected chi connectivity index (χ1v) is 8.06. The molecule has 0 aromatic carbocycles. The third kappa shape index (κ3) is 5.16. The van der Waals surface area contributed by atoms with Gasteiger partial charge in [-0.2, -0.15) is 11.3 Å². The molecule has 1 aromatic rings. The minimum atomic E-state index is -3.20.